The summed E-state index contributed by atoms with van der Waals surface area (Å²) in [6, 6.07) is 8.13. The summed E-state index contributed by atoms with van der Waals surface area (Å²) in [5.74, 6) is 0.940. The van der Waals surface area contributed by atoms with Gasteiger partial charge in [0, 0.05) is 25.0 Å². The van der Waals surface area contributed by atoms with Crippen LogP contribution in [0.4, 0.5) is 0 Å². The van der Waals surface area contributed by atoms with Gasteiger partial charge in [0.25, 0.3) is 0 Å². The van der Waals surface area contributed by atoms with E-state index in [9.17, 15) is 4.79 Å². The molecule has 4 nitrogen and oxygen atoms in total. The van der Waals surface area contributed by atoms with Crippen LogP contribution < -0.4 is 5.32 Å². The Morgan fingerprint density at radius 2 is 2.00 bits per heavy atom. The number of imidazole rings is 1. The van der Waals surface area contributed by atoms with Crippen molar-refractivity contribution in [2.45, 2.75) is 26.8 Å². The van der Waals surface area contributed by atoms with Gasteiger partial charge >= 0.3 is 0 Å². The molecule has 0 radical (unpaired) electrons. The maximum atomic E-state index is 11.0. The van der Waals surface area contributed by atoms with E-state index in [-0.39, 0.29) is 11.9 Å². The lowest BCUT2D eigenvalue weighted by atomic mass is 10.1. The first kappa shape index (κ1) is 12.4. The second kappa shape index (κ2) is 5.04. The predicted octanol–water partition coefficient (Wildman–Crippen LogP) is 2.38. The van der Waals surface area contributed by atoms with Crippen molar-refractivity contribution in [1.29, 1.82) is 0 Å². The fraction of sp³-hybridized carbons (Fsp3) is 0.286. The Morgan fingerprint density at radius 3 is 2.50 bits per heavy atom. The van der Waals surface area contributed by atoms with Crippen LogP contribution in [0.1, 0.15) is 31.3 Å². The first-order valence-electron chi connectivity index (χ1n) is 5.95. The minimum Gasteiger partial charge on any atom is -0.350 e. The number of rotatable bonds is 3. The lowest BCUT2D eigenvalue weighted by Crippen LogP contribution is -2.23. The van der Waals surface area contributed by atoms with Crippen molar-refractivity contribution in [3.8, 4) is 5.69 Å². The standard InChI is InChI=1S/C14H17N3O/c1-10(16-12(3)18)13-4-6-14(7-5-13)17-9-8-15-11(17)2/h4-10H,1-3H3,(H,16,18). The largest absolute Gasteiger partial charge is 0.350 e. The number of nitrogens with one attached hydrogen (secondary N) is 1. The summed E-state index contributed by atoms with van der Waals surface area (Å²) >= 11 is 0. The summed E-state index contributed by atoms with van der Waals surface area (Å²) in [4.78, 5) is 15.2. The lowest BCUT2D eigenvalue weighted by Gasteiger charge is -2.13. The van der Waals surface area contributed by atoms with Crippen molar-refractivity contribution in [3.63, 3.8) is 0 Å². The van der Waals surface area contributed by atoms with Gasteiger partial charge in [-0.05, 0) is 31.5 Å². The molecule has 94 valence electrons. The van der Waals surface area contributed by atoms with E-state index in [1.54, 1.807) is 6.20 Å². The van der Waals surface area contributed by atoms with Gasteiger partial charge in [-0.25, -0.2) is 4.98 Å². The molecule has 2 rings (SSSR count). The normalized spacial score (nSPS) is 12.2. The molecule has 4 heteroatoms. The summed E-state index contributed by atoms with van der Waals surface area (Å²) in [7, 11) is 0. The molecule has 2 aromatic rings. The molecule has 1 unspecified atom stereocenters. The Kier molecular flexibility index (Phi) is 3.46. The molecule has 0 spiro atoms. The zero-order valence-electron chi connectivity index (χ0n) is 10.8. The van der Waals surface area contributed by atoms with Gasteiger partial charge in [0.05, 0.1) is 6.04 Å². The van der Waals surface area contributed by atoms with Crippen molar-refractivity contribution in [3.05, 3.63) is 48.0 Å². The Balaban J connectivity index is 2.20. The molecule has 0 fully saturated rings. The molecule has 1 heterocycles. The number of benzene rings is 1. The average Bonchev–Trinajstić information content (AvgIpc) is 2.75. The highest BCUT2D eigenvalue weighted by Gasteiger charge is 2.07. The first-order chi connectivity index (χ1) is 8.58. The third kappa shape index (κ3) is 2.59. The van der Waals surface area contributed by atoms with Crippen molar-refractivity contribution in [2.24, 2.45) is 0 Å². The van der Waals surface area contributed by atoms with Crippen molar-refractivity contribution < 1.29 is 4.79 Å². The van der Waals surface area contributed by atoms with E-state index in [4.69, 9.17) is 0 Å². The van der Waals surface area contributed by atoms with Crippen LogP contribution in [0, 0.1) is 6.92 Å². The van der Waals surface area contributed by atoms with Gasteiger partial charge in [0.15, 0.2) is 0 Å². The molecule has 0 aliphatic carbocycles. The molecule has 0 aliphatic heterocycles. The van der Waals surface area contributed by atoms with Crippen LogP contribution in [0.15, 0.2) is 36.7 Å². The number of carbonyl (C=O) groups is 1. The predicted molar refractivity (Wildman–Crippen MR) is 70.5 cm³/mol. The summed E-state index contributed by atoms with van der Waals surface area (Å²) in [6.07, 6.45) is 3.71. The average molecular weight is 243 g/mol. The third-order valence-corrected chi connectivity index (χ3v) is 2.92. The van der Waals surface area contributed by atoms with Crippen LogP contribution in [0.3, 0.4) is 0 Å². The van der Waals surface area contributed by atoms with Gasteiger partial charge in [-0.2, -0.15) is 0 Å². The fourth-order valence-electron chi connectivity index (χ4n) is 1.96. The lowest BCUT2D eigenvalue weighted by molar-refractivity contribution is -0.119. The highest BCUT2D eigenvalue weighted by Crippen LogP contribution is 2.16. The number of amides is 1. The highest BCUT2D eigenvalue weighted by molar-refractivity contribution is 5.73. The summed E-state index contributed by atoms with van der Waals surface area (Å²) in [5.41, 5.74) is 2.16. The number of hydrogen-bond acceptors (Lipinski definition) is 2. The molecule has 0 aliphatic rings. The minimum absolute atomic E-state index is 0.0166. The van der Waals surface area contributed by atoms with E-state index in [2.05, 4.69) is 10.3 Å². The van der Waals surface area contributed by atoms with E-state index in [0.29, 0.717) is 0 Å². The Hall–Kier alpha value is -2.10. The van der Waals surface area contributed by atoms with Crippen LogP contribution in [0.25, 0.3) is 5.69 Å². The Bertz CT molecular complexity index is 542. The van der Waals surface area contributed by atoms with Gasteiger partial charge in [-0.15, -0.1) is 0 Å². The molecule has 1 atom stereocenters. The van der Waals surface area contributed by atoms with Crippen LogP contribution in [-0.2, 0) is 4.79 Å². The molecule has 1 N–H and O–H groups in total. The van der Waals surface area contributed by atoms with Crippen molar-refractivity contribution in [2.75, 3.05) is 0 Å². The zero-order valence-corrected chi connectivity index (χ0v) is 10.8. The second-order valence-corrected chi connectivity index (χ2v) is 4.36. The smallest absolute Gasteiger partial charge is 0.217 e. The van der Waals surface area contributed by atoms with Crippen molar-refractivity contribution in [1.82, 2.24) is 14.9 Å². The molecular weight excluding hydrogens is 226 g/mol. The fourth-order valence-corrected chi connectivity index (χ4v) is 1.96. The molecule has 0 saturated carbocycles. The molecule has 18 heavy (non-hydrogen) atoms. The third-order valence-electron chi connectivity index (χ3n) is 2.92. The number of aromatic nitrogens is 2. The molecule has 1 aromatic carbocycles. The molecule has 0 saturated heterocycles. The minimum atomic E-state index is -0.0166. The number of hydrogen-bond donors (Lipinski definition) is 1. The Labute approximate surface area is 107 Å². The van der Waals surface area contributed by atoms with Gasteiger partial charge in [-0.1, -0.05) is 12.1 Å². The van der Waals surface area contributed by atoms with Crippen LogP contribution >= 0.6 is 0 Å². The second-order valence-electron chi connectivity index (χ2n) is 4.36. The van der Waals surface area contributed by atoms with E-state index in [1.165, 1.54) is 6.92 Å². The highest BCUT2D eigenvalue weighted by atomic mass is 16.1. The van der Waals surface area contributed by atoms with E-state index >= 15 is 0 Å². The van der Waals surface area contributed by atoms with Gasteiger partial charge < -0.3 is 9.88 Å². The molecule has 0 bridgehead atoms. The van der Waals surface area contributed by atoms with Gasteiger partial charge in [-0.3, -0.25) is 4.79 Å². The molecular formula is C14H17N3O. The van der Waals surface area contributed by atoms with E-state index in [0.717, 1.165) is 17.1 Å². The maximum absolute atomic E-state index is 11.0. The SMILES string of the molecule is CC(=O)NC(C)c1ccc(-n2ccnc2C)cc1. The monoisotopic (exact) mass is 243 g/mol. The van der Waals surface area contributed by atoms with E-state index in [1.807, 2.05) is 48.9 Å². The quantitative estimate of drug-likeness (QED) is 0.899. The molecule has 1 aromatic heterocycles. The van der Waals surface area contributed by atoms with Gasteiger partial charge in [0.1, 0.15) is 5.82 Å². The maximum Gasteiger partial charge on any atom is 0.217 e. The topological polar surface area (TPSA) is 46.9 Å². The Morgan fingerprint density at radius 1 is 1.33 bits per heavy atom. The van der Waals surface area contributed by atoms with Crippen LogP contribution in [0.5, 0.6) is 0 Å². The van der Waals surface area contributed by atoms with Crippen molar-refractivity contribution >= 4 is 5.91 Å². The summed E-state index contributed by atoms with van der Waals surface area (Å²) in [6.45, 7) is 5.46. The molecule has 1 amide bonds. The zero-order chi connectivity index (χ0) is 13.1. The van der Waals surface area contributed by atoms with Gasteiger partial charge in [0.2, 0.25) is 5.91 Å². The first-order valence-corrected chi connectivity index (χ1v) is 5.95. The number of nitrogens with zero attached hydrogens (tertiary/aromatic N) is 2. The van der Waals surface area contributed by atoms with Crippen LogP contribution in [-0.4, -0.2) is 15.5 Å². The number of carbonyl (C=O) groups excluding carboxylic acids is 1. The summed E-state index contributed by atoms with van der Waals surface area (Å²) in [5, 5.41) is 2.87. The van der Waals surface area contributed by atoms with Crippen LogP contribution in [0.2, 0.25) is 0 Å². The van der Waals surface area contributed by atoms with E-state index < -0.39 is 0 Å². The summed E-state index contributed by atoms with van der Waals surface area (Å²) < 4.78 is 2.02. The number of aryl methyl sites for hydroxylation is 1.